The summed E-state index contributed by atoms with van der Waals surface area (Å²) in [6.07, 6.45) is 11.1. The van der Waals surface area contributed by atoms with Crippen molar-refractivity contribution in [3.05, 3.63) is 453 Å². The normalized spacial score (nSPS) is 15.4. The summed E-state index contributed by atoms with van der Waals surface area (Å²) in [5.41, 5.74) is 44.0. The van der Waals surface area contributed by atoms with Crippen LogP contribution in [0, 0.1) is 5.92 Å². The molecule has 0 amide bonds. The topological polar surface area (TPSA) is 66.8 Å². The number of anilines is 4. The maximum atomic E-state index is 6.88. The number of fused-ring (bicyclic) bond motifs is 11. The lowest BCUT2D eigenvalue weighted by molar-refractivity contribution is 0.394. The zero-order valence-corrected chi connectivity index (χ0v) is 75.1. The van der Waals surface area contributed by atoms with Crippen LogP contribution >= 0.6 is 31.9 Å². The lowest BCUT2D eigenvalue weighted by Gasteiger charge is -2.32. The van der Waals surface area contributed by atoms with Gasteiger partial charge in [0.25, 0.3) is 0 Å². The van der Waals surface area contributed by atoms with E-state index in [1.807, 2.05) is 60.7 Å². The van der Waals surface area contributed by atoms with Crippen molar-refractivity contribution in [2.45, 2.75) is 76.5 Å². The fourth-order valence-electron chi connectivity index (χ4n) is 21.7. The van der Waals surface area contributed by atoms with Crippen LogP contribution in [0.4, 0.5) is 22.7 Å². The Bertz CT molecular complexity index is 7830. The van der Waals surface area contributed by atoms with E-state index in [0.29, 0.717) is 11.8 Å². The smallest absolute Gasteiger partial charge is 0.155 e. The van der Waals surface area contributed by atoms with Gasteiger partial charge in [0, 0.05) is 78.1 Å². The Morgan fingerprint density at radius 1 is 0.359 bits per heavy atom. The van der Waals surface area contributed by atoms with E-state index in [1.165, 1.54) is 144 Å². The molecule has 4 aliphatic carbocycles. The van der Waals surface area contributed by atoms with Crippen molar-refractivity contribution in [2.75, 3.05) is 10.6 Å². The molecular formula is C119H92Br2N4O3. The molecule has 2 N–H and O–H groups in total. The number of halogens is 2. The fourth-order valence-corrected chi connectivity index (χ4v) is 22.7. The van der Waals surface area contributed by atoms with Crippen LogP contribution < -0.4 is 24.8 Å². The third-order valence-electron chi connectivity index (χ3n) is 27.7. The highest BCUT2D eigenvalue weighted by atomic mass is 79.9. The highest BCUT2D eigenvalue weighted by Gasteiger charge is 2.46. The molecule has 0 saturated carbocycles. The third kappa shape index (κ3) is 12.8. The maximum absolute atomic E-state index is 6.88. The Hall–Kier alpha value is -14.2. The Morgan fingerprint density at radius 2 is 0.859 bits per heavy atom. The van der Waals surface area contributed by atoms with E-state index >= 15 is 0 Å². The standard InChI is InChI=1S/C46H34N2O.C28H24.C18H8BrNO2.C15H15N.C12H9Br.H2/c1-46(2)38-19-8-6-17-34(38)35-23-22-31(26-39(35)46)47(40-20-9-7-16-33(40)28-12-4-3-5-13-28)32-25-37-36-18-10-14-29-24-30-15-11-21-41-44(30)48(43(29)36)45(37)42(27-32)49-41;1-28(2)26-15-9-8-14-24(26)25-17-16-20(19-27(25)28)18-22-12-6-7-13-23(22)21-10-4-3-5-11-21;19-9-7-11-10-3-1-4-12-16(10)20-17(11)15(8-9)22-14-6-2-5-13(21-12)18(14)20;1-15(2)13-6-4-3-5-11(13)12-8-7-10(16)9-14(12)15;13-12-9-5-4-8-11(12)10-6-2-1-3-7-10;/h3-23,25-27,34,38H,24H2,1-2H3;3-17,19H,18H2,1-2H3;1-8H;3-9H,16H2,1-2H3;1-9H;1H/i;;;;;1+2. The first-order valence-electron chi connectivity index (χ1n) is 44.3. The SMILES string of the molecule is Brc1cc2c3c(c1)c1cccc4c1n3-c1c(cccc1O2)O4.Brc1ccccc1-c1ccccc1.CC1(C)c2cc(N(c3cc4c5c(c3)c3cccc6c3n5-c3c(cccc3O4)C6)c3ccccc3-c3ccccc3)ccc2C2C=CC=CC21.CC1(C)c2ccccc2-c2ccc(Cc3ccccc3-c3ccccc3)cc21.CC1(C)c2ccccc2-c2ccc(N)cc21.[3HH]. The molecule has 0 spiro atoms. The fraction of sp³-hybridized carbons (Fsp3) is 0.109. The van der Waals surface area contributed by atoms with Gasteiger partial charge in [0.2, 0.25) is 0 Å². The summed E-state index contributed by atoms with van der Waals surface area (Å²) in [5.74, 6) is 6.10. The molecule has 0 radical (unpaired) electrons. The van der Waals surface area contributed by atoms with Crippen molar-refractivity contribution < 1.29 is 15.6 Å². The zero-order chi connectivity index (χ0) is 86.4. The van der Waals surface area contributed by atoms with Gasteiger partial charge in [-0.2, -0.15) is 0 Å². The largest absolute Gasteiger partial charge is 0.453 e. The molecule has 0 bridgehead atoms. The molecule has 128 heavy (non-hydrogen) atoms. The highest BCUT2D eigenvalue weighted by Crippen LogP contribution is 2.60. The molecule has 2 atom stereocenters. The summed E-state index contributed by atoms with van der Waals surface area (Å²) in [6, 6.07) is 130. The first-order valence-corrected chi connectivity index (χ1v) is 45.8. The molecule has 6 heterocycles. The number of benzene rings is 17. The average Bonchev–Trinajstić information content (AvgIpc) is 1.54. The number of rotatable bonds is 8. The van der Waals surface area contributed by atoms with Gasteiger partial charge in [0.1, 0.15) is 5.69 Å². The lowest BCUT2D eigenvalue weighted by Crippen LogP contribution is -2.24. The quantitative estimate of drug-likeness (QED) is 0.154. The number of para-hydroxylation sites is 5. The predicted molar refractivity (Wildman–Crippen MR) is 539 cm³/mol. The number of aromatic nitrogens is 2. The summed E-state index contributed by atoms with van der Waals surface area (Å²) in [6.45, 7) is 14.0. The van der Waals surface area contributed by atoms with Gasteiger partial charge in [-0.1, -0.05) is 377 Å². The van der Waals surface area contributed by atoms with Gasteiger partial charge in [0.05, 0.1) is 39.1 Å². The molecule has 0 saturated heterocycles. The van der Waals surface area contributed by atoms with Crippen LogP contribution in [0.3, 0.4) is 0 Å². The molecule has 19 aromatic rings. The third-order valence-corrected chi connectivity index (χ3v) is 28.9. The molecule has 27 rings (SSSR count). The van der Waals surface area contributed by atoms with Crippen LogP contribution in [-0.2, 0) is 29.1 Å². The van der Waals surface area contributed by atoms with Crippen molar-refractivity contribution in [1.82, 2.24) is 9.13 Å². The Labute approximate surface area is 764 Å². The number of ether oxygens (including phenoxy) is 3. The van der Waals surface area contributed by atoms with E-state index in [0.717, 1.165) is 101 Å². The first-order chi connectivity index (χ1) is 62.5. The molecule has 4 aliphatic heterocycles. The predicted octanol–water partition coefficient (Wildman–Crippen LogP) is 33.0. The van der Waals surface area contributed by atoms with E-state index < -0.39 is 0 Å². The van der Waals surface area contributed by atoms with Gasteiger partial charge in [-0.3, -0.25) is 4.57 Å². The monoisotopic (exact) mass is 1780 g/mol. The number of hydrogen-bond acceptors (Lipinski definition) is 5. The minimum atomic E-state index is 0. The zero-order valence-electron chi connectivity index (χ0n) is 71.9. The molecule has 9 heteroatoms. The van der Waals surface area contributed by atoms with Gasteiger partial charge in [-0.05, 0) is 202 Å². The van der Waals surface area contributed by atoms with Crippen LogP contribution in [0.5, 0.6) is 34.5 Å². The number of nitrogen functional groups attached to an aromatic ring is 1. The van der Waals surface area contributed by atoms with Gasteiger partial charge in [-0.25, -0.2) is 0 Å². The summed E-state index contributed by atoms with van der Waals surface area (Å²) < 4.78 is 26.0. The van der Waals surface area contributed by atoms with Crippen LogP contribution in [-0.4, -0.2) is 9.13 Å². The van der Waals surface area contributed by atoms with Crippen molar-refractivity contribution in [3.63, 3.8) is 0 Å². The number of hydrogen-bond donors (Lipinski definition) is 1. The highest BCUT2D eigenvalue weighted by molar-refractivity contribution is 9.10. The number of nitrogens with zero attached hydrogens (tertiary/aromatic N) is 3. The second kappa shape index (κ2) is 30.8. The van der Waals surface area contributed by atoms with Crippen molar-refractivity contribution >= 4 is 98.2 Å². The molecule has 620 valence electrons. The van der Waals surface area contributed by atoms with Crippen molar-refractivity contribution in [3.8, 4) is 102 Å². The van der Waals surface area contributed by atoms with E-state index in [4.69, 9.17) is 19.9 Å². The van der Waals surface area contributed by atoms with Crippen molar-refractivity contribution in [1.29, 1.82) is 0 Å². The van der Waals surface area contributed by atoms with Crippen molar-refractivity contribution in [2.24, 2.45) is 5.92 Å². The number of allylic oxidation sites excluding steroid dienone is 4. The second-order valence-corrected chi connectivity index (χ2v) is 38.0. The molecule has 0 fully saturated rings. The molecule has 2 unspecified atom stereocenters. The number of nitrogens with two attached hydrogens (primary N) is 1. The molecule has 17 aromatic carbocycles. The molecular weight excluding hydrogens is 1690 g/mol. The average molecular weight is 1790 g/mol. The second-order valence-electron chi connectivity index (χ2n) is 36.2. The van der Waals surface area contributed by atoms with Crippen LogP contribution in [0.1, 0.15) is 105 Å². The van der Waals surface area contributed by atoms with Crippen LogP contribution in [0.25, 0.3) is 111 Å². The summed E-state index contributed by atoms with van der Waals surface area (Å²) >= 11 is 7.13. The Kier molecular flexibility index (Phi) is 18.9. The van der Waals surface area contributed by atoms with Crippen LogP contribution in [0.15, 0.2) is 397 Å². The van der Waals surface area contributed by atoms with Gasteiger partial charge >= 0.3 is 0 Å². The Morgan fingerprint density at radius 3 is 1.55 bits per heavy atom. The molecule has 2 aromatic heterocycles. The van der Waals surface area contributed by atoms with E-state index in [2.05, 4.69) is 415 Å². The molecule has 7 nitrogen and oxygen atoms in total. The van der Waals surface area contributed by atoms with E-state index in [9.17, 15) is 0 Å². The minimum absolute atomic E-state index is 0. The summed E-state index contributed by atoms with van der Waals surface area (Å²) in [4.78, 5) is 2.46. The van der Waals surface area contributed by atoms with E-state index in [1.54, 1.807) is 0 Å². The van der Waals surface area contributed by atoms with Gasteiger partial charge in [-0.15, -0.1) is 0 Å². The Balaban J connectivity index is 0.000000103. The minimum Gasteiger partial charge on any atom is -0.453 e. The van der Waals surface area contributed by atoms with Gasteiger partial charge in [0.15, 0.2) is 34.5 Å². The maximum Gasteiger partial charge on any atom is 0.155 e. The first kappa shape index (κ1) is 78.5. The van der Waals surface area contributed by atoms with Crippen LogP contribution in [0.2, 0.25) is 0 Å². The lowest BCUT2D eigenvalue weighted by atomic mass is 9.74. The van der Waals surface area contributed by atoms with E-state index in [-0.39, 0.29) is 17.7 Å². The summed E-state index contributed by atoms with van der Waals surface area (Å²) in [7, 11) is 0. The van der Waals surface area contributed by atoms with Gasteiger partial charge < -0.3 is 29.4 Å². The molecule has 8 aliphatic rings. The summed E-state index contributed by atoms with van der Waals surface area (Å²) in [5, 5.41) is 4.85.